The van der Waals surface area contributed by atoms with Crippen molar-refractivity contribution >= 4 is 11.6 Å². The molecule has 0 heterocycles. The van der Waals surface area contributed by atoms with E-state index in [0.717, 1.165) is 12.1 Å². The number of halogens is 2. The van der Waals surface area contributed by atoms with Crippen LogP contribution in [0.3, 0.4) is 0 Å². The summed E-state index contributed by atoms with van der Waals surface area (Å²) in [6, 6.07) is 7.73. The normalized spacial score (nSPS) is 10.3. The average Bonchev–Trinajstić information content (AvgIpc) is 2.36. The Morgan fingerprint density at radius 1 is 1.16 bits per heavy atom. The molecule has 0 aliphatic rings. The summed E-state index contributed by atoms with van der Waals surface area (Å²) in [6.07, 6.45) is 0. The molecule has 5 heteroatoms. The van der Waals surface area contributed by atoms with Gasteiger partial charge in [-0.1, -0.05) is 12.1 Å². The molecule has 0 aliphatic heterocycles. The van der Waals surface area contributed by atoms with Crippen molar-refractivity contribution in [2.45, 2.75) is 6.92 Å². The molecule has 0 aromatic heterocycles. The van der Waals surface area contributed by atoms with E-state index in [1.807, 2.05) is 0 Å². The van der Waals surface area contributed by atoms with Gasteiger partial charge in [-0.3, -0.25) is 4.79 Å². The lowest BCUT2D eigenvalue weighted by Crippen LogP contribution is -2.13. The highest BCUT2D eigenvalue weighted by molar-refractivity contribution is 6.06. The maximum atomic E-state index is 13.6. The standard InChI is InChI=1S/C14H11F2NO2/c1-8-6-11(16)12(7-10(8)15)17-14(19)9-4-2-3-5-13(9)18/h2-7,18H,1H3,(H,17,19). The second kappa shape index (κ2) is 5.06. The van der Waals surface area contributed by atoms with Crippen LogP contribution in [0, 0.1) is 18.6 Å². The molecule has 98 valence electrons. The van der Waals surface area contributed by atoms with Crippen LogP contribution in [0.2, 0.25) is 0 Å². The largest absolute Gasteiger partial charge is 0.507 e. The highest BCUT2D eigenvalue weighted by Crippen LogP contribution is 2.21. The fourth-order valence-electron chi connectivity index (χ4n) is 1.60. The van der Waals surface area contributed by atoms with Crippen LogP contribution in [0.25, 0.3) is 0 Å². The van der Waals surface area contributed by atoms with E-state index in [1.54, 1.807) is 12.1 Å². The van der Waals surface area contributed by atoms with E-state index in [0.29, 0.717) is 0 Å². The van der Waals surface area contributed by atoms with E-state index in [9.17, 15) is 18.7 Å². The molecule has 1 amide bonds. The summed E-state index contributed by atoms with van der Waals surface area (Å²) in [7, 11) is 0. The van der Waals surface area contributed by atoms with Crippen LogP contribution in [-0.4, -0.2) is 11.0 Å². The summed E-state index contributed by atoms with van der Waals surface area (Å²) in [4.78, 5) is 11.8. The van der Waals surface area contributed by atoms with E-state index in [2.05, 4.69) is 5.32 Å². The number of hydrogen-bond donors (Lipinski definition) is 2. The van der Waals surface area contributed by atoms with E-state index in [1.165, 1.54) is 19.1 Å². The Morgan fingerprint density at radius 3 is 2.53 bits per heavy atom. The Morgan fingerprint density at radius 2 is 1.84 bits per heavy atom. The summed E-state index contributed by atoms with van der Waals surface area (Å²) < 4.78 is 26.9. The molecule has 19 heavy (non-hydrogen) atoms. The maximum Gasteiger partial charge on any atom is 0.259 e. The summed E-state index contributed by atoms with van der Waals surface area (Å²) in [6.45, 7) is 1.42. The van der Waals surface area contributed by atoms with Crippen molar-refractivity contribution in [1.82, 2.24) is 0 Å². The van der Waals surface area contributed by atoms with E-state index < -0.39 is 17.5 Å². The van der Waals surface area contributed by atoms with Crippen LogP contribution in [0.4, 0.5) is 14.5 Å². The fraction of sp³-hybridized carbons (Fsp3) is 0.0714. The smallest absolute Gasteiger partial charge is 0.259 e. The number of para-hydroxylation sites is 1. The third-order valence-corrected chi connectivity index (χ3v) is 2.65. The zero-order valence-electron chi connectivity index (χ0n) is 10.1. The Bertz CT molecular complexity index is 641. The molecule has 0 atom stereocenters. The minimum Gasteiger partial charge on any atom is -0.507 e. The van der Waals surface area contributed by atoms with Crippen molar-refractivity contribution in [3.8, 4) is 5.75 Å². The Hall–Kier alpha value is -2.43. The molecular weight excluding hydrogens is 252 g/mol. The number of rotatable bonds is 2. The van der Waals surface area contributed by atoms with Gasteiger partial charge in [0, 0.05) is 6.07 Å². The zero-order valence-corrected chi connectivity index (χ0v) is 10.1. The minimum absolute atomic E-state index is 0.0112. The predicted molar refractivity (Wildman–Crippen MR) is 67.2 cm³/mol. The van der Waals surface area contributed by atoms with Gasteiger partial charge in [-0.15, -0.1) is 0 Å². The molecule has 0 aliphatic carbocycles. The lowest BCUT2D eigenvalue weighted by atomic mass is 10.1. The first-order chi connectivity index (χ1) is 8.99. The SMILES string of the molecule is Cc1cc(F)c(NC(=O)c2ccccc2O)cc1F. The molecule has 0 fully saturated rings. The van der Waals surface area contributed by atoms with Gasteiger partial charge in [0.25, 0.3) is 5.91 Å². The maximum absolute atomic E-state index is 13.6. The molecule has 0 spiro atoms. The summed E-state index contributed by atoms with van der Waals surface area (Å²) in [5.41, 5.74) is -0.128. The summed E-state index contributed by atoms with van der Waals surface area (Å²) in [5, 5.41) is 11.7. The van der Waals surface area contributed by atoms with Crippen molar-refractivity contribution in [1.29, 1.82) is 0 Å². The van der Waals surface area contributed by atoms with Crippen LogP contribution in [0.1, 0.15) is 15.9 Å². The van der Waals surface area contributed by atoms with Gasteiger partial charge in [-0.2, -0.15) is 0 Å². The van der Waals surface area contributed by atoms with Crippen molar-refractivity contribution in [2.24, 2.45) is 0 Å². The second-order valence-corrected chi connectivity index (χ2v) is 4.05. The molecule has 0 saturated carbocycles. The molecule has 2 aromatic rings. The monoisotopic (exact) mass is 263 g/mol. The van der Waals surface area contributed by atoms with Crippen LogP contribution < -0.4 is 5.32 Å². The molecule has 2 rings (SSSR count). The number of anilines is 1. The average molecular weight is 263 g/mol. The topological polar surface area (TPSA) is 49.3 Å². The van der Waals surface area contributed by atoms with Gasteiger partial charge >= 0.3 is 0 Å². The number of carbonyl (C=O) groups excluding carboxylic acids is 1. The number of benzene rings is 2. The molecule has 0 radical (unpaired) electrons. The van der Waals surface area contributed by atoms with Gasteiger partial charge in [0.05, 0.1) is 11.3 Å². The van der Waals surface area contributed by atoms with Gasteiger partial charge < -0.3 is 10.4 Å². The Balaban J connectivity index is 2.30. The van der Waals surface area contributed by atoms with Gasteiger partial charge in [0.1, 0.15) is 17.4 Å². The van der Waals surface area contributed by atoms with Crippen LogP contribution >= 0.6 is 0 Å². The first-order valence-electron chi connectivity index (χ1n) is 5.54. The third-order valence-electron chi connectivity index (χ3n) is 2.65. The van der Waals surface area contributed by atoms with Gasteiger partial charge in [-0.05, 0) is 30.7 Å². The fourth-order valence-corrected chi connectivity index (χ4v) is 1.60. The van der Waals surface area contributed by atoms with Crippen molar-refractivity contribution in [2.75, 3.05) is 5.32 Å². The Kier molecular flexibility index (Phi) is 3.46. The number of carbonyl (C=O) groups is 1. The van der Waals surface area contributed by atoms with Crippen molar-refractivity contribution in [3.05, 3.63) is 59.2 Å². The minimum atomic E-state index is -0.734. The third kappa shape index (κ3) is 2.70. The molecule has 3 nitrogen and oxygen atoms in total. The van der Waals surface area contributed by atoms with Gasteiger partial charge in [-0.25, -0.2) is 8.78 Å². The number of aromatic hydroxyl groups is 1. The summed E-state index contributed by atoms with van der Waals surface area (Å²) in [5.74, 6) is -2.29. The van der Waals surface area contributed by atoms with Gasteiger partial charge in [0.2, 0.25) is 0 Å². The second-order valence-electron chi connectivity index (χ2n) is 4.05. The molecule has 0 saturated heterocycles. The molecule has 0 bridgehead atoms. The van der Waals surface area contributed by atoms with E-state index in [4.69, 9.17) is 0 Å². The molecule has 2 N–H and O–H groups in total. The predicted octanol–water partition coefficient (Wildman–Crippen LogP) is 3.23. The quantitative estimate of drug-likeness (QED) is 0.873. The lowest BCUT2D eigenvalue weighted by molar-refractivity contribution is 0.102. The molecular formula is C14H11F2NO2. The molecule has 2 aromatic carbocycles. The Labute approximate surface area is 108 Å². The highest BCUT2D eigenvalue weighted by Gasteiger charge is 2.14. The van der Waals surface area contributed by atoms with Crippen molar-refractivity contribution < 1.29 is 18.7 Å². The zero-order chi connectivity index (χ0) is 14.0. The van der Waals surface area contributed by atoms with Crippen LogP contribution in [0.5, 0.6) is 5.75 Å². The summed E-state index contributed by atoms with van der Waals surface area (Å²) >= 11 is 0. The van der Waals surface area contributed by atoms with Crippen LogP contribution in [0.15, 0.2) is 36.4 Å². The van der Waals surface area contributed by atoms with Crippen LogP contribution in [-0.2, 0) is 0 Å². The first kappa shape index (κ1) is 13.0. The number of phenolic OH excluding ortho intramolecular Hbond substituents is 1. The number of nitrogens with one attached hydrogen (secondary N) is 1. The van der Waals surface area contributed by atoms with Gasteiger partial charge in [0.15, 0.2) is 0 Å². The number of phenols is 1. The van der Waals surface area contributed by atoms with E-state index in [-0.39, 0.29) is 22.6 Å². The molecule has 0 unspecified atom stereocenters. The number of aryl methyl sites for hydroxylation is 1. The van der Waals surface area contributed by atoms with Crippen molar-refractivity contribution in [3.63, 3.8) is 0 Å². The highest BCUT2D eigenvalue weighted by atomic mass is 19.1. The number of hydrogen-bond acceptors (Lipinski definition) is 2. The van der Waals surface area contributed by atoms with E-state index >= 15 is 0 Å². The lowest BCUT2D eigenvalue weighted by Gasteiger charge is -2.08. The first-order valence-corrected chi connectivity index (χ1v) is 5.54. The number of amides is 1.